The lowest BCUT2D eigenvalue weighted by atomic mass is 10.1. The molecule has 3 rings (SSSR count). The highest BCUT2D eigenvalue weighted by Gasteiger charge is 2.28. The summed E-state index contributed by atoms with van der Waals surface area (Å²) >= 11 is 0. The van der Waals surface area contributed by atoms with Gasteiger partial charge in [-0.15, -0.1) is 0 Å². The Morgan fingerprint density at radius 2 is 1.83 bits per heavy atom. The van der Waals surface area contributed by atoms with Gasteiger partial charge < -0.3 is 0 Å². The highest BCUT2D eigenvalue weighted by atomic mass is 19.4. The molecule has 0 saturated heterocycles. The van der Waals surface area contributed by atoms with Gasteiger partial charge in [-0.05, 0) is 36.4 Å². The fourth-order valence-corrected chi connectivity index (χ4v) is 2.27. The van der Waals surface area contributed by atoms with Crippen molar-refractivity contribution in [3.05, 3.63) is 59.8 Å². The maximum absolute atomic E-state index is 13.1. The highest BCUT2D eigenvalue weighted by molar-refractivity contribution is 5.77. The minimum atomic E-state index is -4.42. The Kier molecular flexibility index (Phi) is 5.80. The van der Waals surface area contributed by atoms with Gasteiger partial charge in [0.2, 0.25) is 5.95 Å². The zero-order valence-electron chi connectivity index (χ0n) is 14.4. The van der Waals surface area contributed by atoms with Gasteiger partial charge in [0, 0.05) is 11.8 Å². The number of nitrogens with zero attached hydrogens (tertiary/aromatic N) is 5. The molecule has 0 radical (unpaired) electrons. The largest absolute Gasteiger partial charge is 0.408 e. The summed E-state index contributed by atoms with van der Waals surface area (Å²) in [5, 5.41) is 7.37. The molecule has 0 spiro atoms. The van der Waals surface area contributed by atoms with E-state index in [9.17, 15) is 26.3 Å². The van der Waals surface area contributed by atoms with Crippen molar-refractivity contribution >= 4 is 12.2 Å². The first kappa shape index (κ1) is 20.3. The topological polar surface area (TPSA) is 68.0 Å². The number of anilines is 1. The summed E-state index contributed by atoms with van der Waals surface area (Å²) in [4.78, 5) is 7.66. The van der Waals surface area contributed by atoms with E-state index in [0.29, 0.717) is 10.2 Å². The molecule has 2 aromatic heterocycles. The maximum atomic E-state index is 13.1. The second-order valence-corrected chi connectivity index (χ2v) is 5.73. The van der Waals surface area contributed by atoms with Gasteiger partial charge >= 0.3 is 6.18 Å². The van der Waals surface area contributed by atoms with Gasteiger partial charge in [-0.2, -0.15) is 23.4 Å². The molecule has 0 unspecified atom stereocenters. The van der Waals surface area contributed by atoms with Gasteiger partial charge in [0.15, 0.2) is 0 Å². The number of benzene rings is 1. The molecular weight excluding hydrogens is 402 g/mol. The third kappa shape index (κ3) is 5.77. The van der Waals surface area contributed by atoms with Crippen molar-refractivity contribution < 1.29 is 26.3 Å². The van der Waals surface area contributed by atoms with Crippen molar-refractivity contribution in [2.75, 3.05) is 5.43 Å². The molecule has 2 heterocycles. The van der Waals surface area contributed by atoms with Crippen molar-refractivity contribution in [2.24, 2.45) is 5.10 Å². The van der Waals surface area contributed by atoms with Crippen LogP contribution in [0.2, 0.25) is 0 Å². The van der Waals surface area contributed by atoms with Crippen LogP contribution in [0.3, 0.4) is 0 Å². The van der Waals surface area contributed by atoms with Gasteiger partial charge in [0.1, 0.15) is 23.7 Å². The zero-order valence-corrected chi connectivity index (χ0v) is 14.4. The molecule has 0 saturated carbocycles. The van der Waals surface area contributed by atoms with E-state index in [4.69, 9.17) is 0 Å². The summed E-state index contributed by atoms with van der Waals surface area (Å²) in [5.74, 6) is -0.766. The van der Waals surface area contributed by atoms with E-state index in [-0.39, 0.29) is 17.3 Å². The molecule has 0 fully saturated rings. The van der Waals surface area contributed by atoms with Gasteiger partial charge in [0.25, 0.3) is 6.43 Å². The van der Waals surface area contributed by atoms with E-state index in [1.165, 1.54) is 18.2 Å². The summed E-state index contributed by atoms with van der Waals surface area (Å²) in [5.41, 5.74) is 2.36. The molecule has 0 amide bonds. The minimum absolute atomic E-state index is 0.102. The Morgan fingerprint density at radius 3 is 2.48 bits per heavy atom. The minimum Gasteiger partial charge on any atom is -0.263 e. The van der Waals surface area contributed by atoms with Crippen LogP contribution in [0.15, 0.2) is 47.7 Å². The number of hydrazone groups is 1. The normalized spacial score (nSPS) is 12.1. The van der Waals surface area contributed by atoms with Crippen molar-refractivity contribution in [2.45, 2.75) is 19.1 Å². The smallest absolute Gasteiger partial charge is 0.263 e. The second-order valence-electron chi connectivity index (χ2n) is 5.73. The molecule has 12 heteroatoms. The van der Waals surface area contributed by atoms with Crippen molar-refractivity contribution in [1.29, 1.82) is 0 Å². The van der Waals surface area contributed by atoms with Crippen LogP contribution in [-0.2, 0) is 6.54 Å². The Morgan fingerprint density at radius 1 is 1.10 bits per heavy atom. The average molecular weight is 414 g/mol. The van der Waals surface area contributed by atoms with E-state index in [0.717, 1.165) is 30.6 Å². The monoisotopic (exact) mass is 414 g/mol. The van der Waals surface area contributed by atoms with Crippen LogP contribution in [0, 0.1) is 5.82 Å². The quantitative estimate of drug-likeness (QED) is 0.368. The summed E-state index contributed by atoms with van der Waals surface area (Å²) in [6.45, 7) is -1.26. The molecule has 3 aromatic rings. The Bertz CT molecular complexity index is 996. The number of halogens is 6. The van der Waals surface area contributed by atoms with E-state index >= 15 is 0 Å². The molecule has 0 atom stereocenters. The predicted molar refractivity (Wildman–Crippen MR) is 91.9 cm³/mol. The second kappa shape index (κ2) is 8.29. The lowest BCUT2D eigenvalue weighted by Crippen LogP contribution is -2.18. The molecule has 0 bridgehead atoms. The van der Waals surface area contributed by atoms with E-state index in [1.807, 2.05) is 0 Å². The number of alkyl halides is 5. The lowest BCUT2D eigenvalue weighted by Gasteiger charge is -2.07. The third-order valence-electron chi connectivity index (χ3n) is 3.47. The Balaban J connectivity index is 1.78. The number of hydrogen-bond donors (Lipinski definition) is 1. The first-order valence-electron chi connectivity index (χ1n) is 8.02. The molecule has 0 aliphatic rings. The van der Waals surface area contributed by atoms with Crippen LogP contribution >= 0.6 is 0 Å². The zero-order chi connectivity index (χ0) is 21.0. The van der Waals surface area contributed by atoms with E-state index in [1.54, 1.807) is 0 Å². The first-order chi connectivity index (χ1) is 13.7. The van der Waals surface area contributed by atoms with Crippen LogP contribution < -0.4 is 5.43 Å². The molecule has 152 valence electrons. The third-order valence-corrected chi connectivity index (χ3v) is 3.47. The molecule has 0 aliphatic heterocycles. The summed E-state index contributed by atoms with van der Waals surface area (Å²) in [6.07, 6.45) is -5.10. The lowest BCUT2D eigenvalue weighted by molar-refractivity contribution is -0.142. The number of aromatic nitrogens is 4. The first-order valence-corrected chi connectivity index (χ1v) is 8.02. The van der Waals surface area contributed by atoms with Crippen LogP contribution in [0.1, 0.15) is 17.8 Å². The van der Waals surface area contributed by atoms with E-state index in [2.05, 4.69) is 25.6 Å². The predicted octanol–water partition coefficient (Wildman–Crippen LogP) is 4.43. The number of nitrogens with one attached hydrogen (secondary N) is 1. The molecule has 1 aromatic carbocycles. The summed E-state index contributed by atoms with van der Waals surface area (Å²) in [7, 11) is 0. The molecule has 29 heavy (non-hydrogen) atoms. The SMILES string of the molecule is Fc1ccc(-c2cc(C(F)F)nc(N/N=C/c3ccn(CC(F)(F)F)n3)n2)cc1. The summed E-state index contributed by atoms with van der Waals surface area (Å²) in [6, 6.07) is 7.40. The molecule has 0 aliphatic carbocycles. The maximum Gasteiger partial charge on any atom is 0.408 e. The molecule has 6 nitrogen and oxygen atoms in total. The van der Waals surface area contributed by atoms with Gasteiger partial charge in [-0.25, -0.2) is 28.6 Å². The van der Waals surface area contributed by atoms with E-state index < -0.39 is 30.7 Å². The van der Waals surface area contributed by atoms with Gasteiger partial charge in [0.05, 0.1) is 11.9 Å². The van der Waals surface area contributed by atoms with Crippen LogP contribution in [-0.4, -0.2) is 32.1 Å². The van der Waals surface area contributed by atoms with Crippen LogP contribution in [0.25, 0.3) is 11.3 Å². The van der Waals surface area contributed by atoms with Gasteiger partial charge in [-0.1, -0.05) is 0 Å². The fraction of sp³-hybridized carbons (Fsp3) is 0.176. The van der Waals surface area contributed by atoms with Crippen LogP contribution in [0.5, 0.6) is 0 Å². The number of hydrogen-bond acceptors (Lipinski definition) is 5. The fourth-order valence-electron chi connectivity index (χ4n) is 2.27. The highest BCUT2D eigenvalue weighted by Crippen LogP contribution is 2.25. The summed E-state index contributed by atoms with van der Waals surface area (Å²) < 4.78 is 76.9. The van der Waals surface area contributed by atoms with Gasteiger partial charge in [-0.3, -0.25) is 4.68 Å². The molecule has 1 N–H and O–H groups in total. The van der Waals surface area contributed by atoms with Crippen molar-refractivity contribution in [3.63, 3.8) is 0 Å². The standard InChI is InChI=1S/C17H12F6N6/c18-11-3-1-10(2-4-11)13-7-14(15(19)20)26-16(25-13)27-24-8-12-5-6-29(28-12)9-17(21,22)23/h1-8,15H,9H2,(H,25,26,27)/b24-8+. The average Bonchev–Trinajstić information content (AvgIpc) is 3.07. The number of rotatable bonds is 6. The van der Waals surface area contributed by atoms with Crippen molar-refractivity contribution in [3.8, 4) is 11.3 Å². The Labute approximate surface area is 159 Å². The molecular formula is C17H12F6N6. The Hall–Kier alpha value is -3.44. The van der Waals surface area contributed by atoms with Crippen LogP contribution in [0.4, 0.5) is 32.3 Å². The van der Waals surface area contributed by atoms with Crippen molar-refractivity contribution in [1.82, 2.24) is 19.7 Å².